The summed E-state index contributed by atoms with van der Waals surface area (Å²) in [7, 11) is 0. The quantitative estimate of drug-likeness (QED) is 0.517. The van der Waals surface area contributed by atoms with E-state index in [2.05, 4.69) is 24.1 Å². The molecule has 3 N–H and O–H groups in total. The number of piperazine rings is 1. The van der Waals surface area contributed by atoms with E-state index in [4.69, 9.17) is 11.0 Å². The minimum Gasteiger partial charge on any atom is -0.389 e. The van der Waals surface area contributed by atoms with Crippen molar-refractivity contribution in [2.75, 3.05) is 45.8 Å². The lowest BCUT2D eigenvalue weighted by molar-refractivity contribution is -0.128. The maximum atomic E-state index is 12.2. The van der Waals surface area contributed by atoms with Crippen molar-refractivity contribution in [2.45, 2.75) is 13.8 Å². The Hall–Kier alpha value is -1.58. The van der Waals surface area contributed by atoms with Gasteiger partial charge in [-0.1, -0.05) is 13.8 Å². The molecule has 6 nitrogen and oxygen atoms in total. The summed E-state index contributed by atoms with van der Waals surface area (Å²) in [5.74, 6) is 0.289. The molecular formula is C14H25N5O. The minimum atomic E-state index is -0.184. The zero-order chi connectivity index (χ0) is 15.0. The molecule has 1 fully saturated rings. The van der Waals surface area contributed by atoms with Gasteiger partial charge in [0.15, 0.2) is 0 Å². The van der Waals surface area contributed by atoms with Crippen LogP contribution in [0.4, 0.5) is 0 Å². The fraction of sp³-hybridized carbons (Fsp3) is 0.714. The van der Waals surface area contributed by atoms with E-state index in [1.54, 1.807) is 4.90 Å². The van der Waals surface area contributed by atoms with Gasteiger partial charge in [0.1, 0.15) is 11.6 Å². The van der Waals surface area contributed by atoms with Gasteiger partial charge in [0.05, 0.1) is 0 Å². The highest BCUT2D eigenvalue weighted by molar-refractivity contribution is 5.97. The number of hydrogen-bond donors (Lipinski definition) is 2. The number of carbonyl (C=O) groups is 1. The molecule has 0 aromatic heterocycles. The Kier molecular flexibility index (Phi) is 7.05. The molecule has 0 unspecified atom stereocenters. The van der Waals surface area contributed by atoms with E-state index >= 15 is 0 Å². The molecule has 1 aliphatic rings. The van der Waals surface area contributed by atoms with E-state index in [0.717, 1.165) is 26.2 Å². The molecule has 0 spiro atoms. The van der Waals surface area contributed by atoms with Crippen molar-refractivity contribution < 1.29 is 4.79 Å². The van der Waals surface area contributed by atoms with Gasteiger partial charge in [-0.3, -0.25) is 9.69 Å². The molecule has 0 saturated carbocycles. The maximum absolute atomic E-state index is 12.2. The second-order valence-corrected chi connectivity index (χ2v) is 5.39. The fourth-order valence-electron chi connectivity index (χ4n) is 2.07. The summed E-state index contributed by atoms with van der Waals surface area (Å²) in [4.78, 5) is 16.2. The Morgan fingerprint density at radius 2 is 2.05 bits per heavy atom. The lowest BCUT2D eigenvalue weighted by Crippen LogP contribution is -2.50. The summed E-state index contributed by atoms with van der Waals surface area (Å²) < 4.78 is 0. The van der Waals surface area contributed by atoms with Gasteiger partial charge in [-0.15, -0.1) is 0 Å². The number of amides is 1. The van der Waals surface area contributed by atoms with Crippen LogP contribution in [0.15, 0.2) is 11.8 Å². The van der Waals surface area contributed by atoms with Crippen molar-refractivity contribution in [2.24, 2.45) is 11.7 Å². The van der Waals surface area contributed by atoms with Crippen LogP contribution in [-0.2, 0) is 4.79 Å². The molecular weight excluding hydrogens is 254 g/mol. The van der Waals surface area contributed by atoms with Crippen molar-refractivity contribution in [3.8, 4) is 6.07 Å². The van der Waals surface area contributed by atoms with E-state index in [0.29, 0.717) is 25.6 Å². The molecule has 1 saturated heterocycles. The van der Waals surface area contributed by atoms with Crippen LogP contribution in [0.5, 0.6) is 0 Å². The summed E-state index contributed by atoms with van der Waals surface area (Å²) >= 11 is 0. The minimum absolute atomic E-state index is 0.179. The fourth-order valence-corrected chi connectivity index (χ4v) is 2.07. The molecule has 112 valence electrons. The van der Waals surface area contributed by atoms with Gasteiger partial charge >= 0.3 is 0 Å². The summed E-state index contributed by atoms with van der Waals surface area (Å²) in [5, 5.41) is 12.1. The SMILES string of the molecule is CC(C)CN/C=C(/C#N)C(=O)N1CCN(CCN)CC1. The average Bonchev–Trinajstić information content (AvgIpc) is 2.44. The lowest BCUT2D eigenvalue weighted by atomic mass is 10.2. The Balaban J connectivity index is 2.50. The molecule has 6 heteroatoms. The summed E-state index contributed by atoms with van der Waals surface area (Å²) in [5.41, 5.74) is 5.70. The van der Waals surface area contributed by atoms with Crippen LogP contribution in [0.25, 0.3) is 0 Å². The van der Waals surface area contributed by atoms with Gasteiger partial charge in [0.2, 0.25) is 0 Å². The van der Waals surface area contributed by atoms with Crippen molar-refractivity contribution in [3.05, 3.63) is 11.8 Å². The standard InChI is InChI=1S/C14H25N5O/c1-12(2)10-17-11-13(9-16)14(20)19-7-5-18(4-3-15)6-8-19/h11-12,17H,3-8,10,15H2,1-2H3/b13-11-. The van der Waals surface area contributed by atoms with Crippen LogP contribution >= 0.6 is 0 Å². The normalized spacial score (nSPS) is 17.1. The van der Waals surface area contributed by atoms with Crippen LogP contribution in [0.1, 0.15) is 13.8 Å². The van der Waals surface area contributed by atoms with E-state index < -0.39 is 0 Å². The van der Waals surface area contributed by atoms with Crippen LogP contribution in [0.2, 0.25) is 0 Å². The number of nitrogens with zero attached hydrogens (tertiary/aromatic N) is 3. The van der Waals surface area contributed by atoms with E-state index in [9.17, 15) is 4.79 Å². The third-order valence-electron chi connectivity index (χ3n) is 3.23. The highest BCUT2D eigenvalue weighted by Gasteiger charge is 2.23. The molecule has 1 amide bonds. The van der Waals surface area contributed by atoms with Crippen molar-refractivity contribution in [3.63, 3.8) is 0 Å². The molecule has 1 rings (SSSR count). The topological polar surface area (TPSA) is 85.4 Å². The molecule has 0 aromatic rings. The molecule has 0 aliphatic carbocycles. The predicted octanol–water partition coefficient (Wildman–Crippen LogP) is -0.258. The third-order valence-corrected chi connectivity index (χ3v) is 3.23. The molecule has 0 bridgehead atoms. The molecule has 20 heavy (non-hydrogen) atoms. The molecule has 1 aliphatic heterocycles. The van der Waals surface area contributed by atoms with Gasteiger partial charge in [-0.2, -0.15) is 5.26 Å². The van der Waals surface area contributed by atoms with Crippen molar-refractivity contribution in [1.82, 2.24) is 15.1 Å². The second kappa shape index (κ2) is 8.56. The Morgan fingerprint density at radius 3 is 2.55 bits per heavy atom. The Bertz CT molecular complexity index is 378. The molecule has 1 heterocycles. The van der Waals surface area contributed by atoms with Crippen LogP contribution in [0, 0.1) is 17.2 Å². The van der Waals surface area contributed by atoms with E-state index in [1.165, 1.54) is 6.20 Å². The number of nitriles is 1. The van der Waals surface area contributed by atoms with Gasteiger partial charge in [0.25, 0.3) is 5.91 Å². The first kappa shape index (κ1) is 16.5. The number of nitrogens with two attached hydrogens (primary N) is 1. The first-order valence-electron chi connectivity index (χ1n) is 7.13. The first-order valence-corrected chi connectivity index (χ1v) is 7.13. The second-order valence-electron chi connectivity index (χ2n) is 5.39. The first-order chi connectivity index (χ1) is 9.58. The predicted molar refractivity (Wildman–Crippen MR) is 78.6 cm³/mol. The molecule has 0 radical (unpaired) electrons. The smallest absolute Gasteiger partial charge is 0.266 e. The number of rotatable bonds is 6. The average molecular weight is 279 g/mol. The molecule has 0 atom stereocenters. The van der Waals surface area contributed by atoms with E-state index in [1.807, 2.05) is 6.07 Å². The summed E-state index contributed by atoms with van der Waals surface area (Å²) in [6.45, 7) is 9.35. The van der Waals surface area contributed by atoms with Crippen LogP contribution in [-0.4, -0.2) is 61.5 Å². The van der Waals surface area contributed by atoms with Crippen LogP contribution in [0.3, 0.4) is 0 Å². The zero-order valence-corrected chi connectivity index (χ0v) is 12.4. The summed E-state index contributed by atoms with van der Waals surface area (Å²) in [6.07, 6.45) is 1.54. The van der Waals surface area contributed by atoms with Crippen LogP contribution < -0.4 is 11.1 Å². The van der Waals surface area contributed by atoms with Crippen molar-refractivity contribution >= 4 is 5.91 Å². The van der Waals surface area contributed by atoms with Gasteiger partial charge < -0.3 is 16.0 Å². The maximum Gasteiger partial charge on any atom is 0.266 e. The Morgan fingerprint density at radius 1 is 1.40 bits per heavy atom. The van der Waals surface area contributed by atoms with Gasteiger partial charge in [-0.05, 0) is 5.92 Å². The molecule has 0 aromatic carbocycles. The highest BCUT2D eigenvalue weighted by Crippen LogP contribution is 2.06. The Labute approximate surface area is 121 Å². The monoisotopic (exact) mass is 279 g/mol. The lowest BCUT2D eigenvalue weighted by Gasteiger charge is -2.34. The van der Waals surface area contributed by atoms with Gasteiger partial charge in [0, 0.05) is 52.0 Å². The third kappa shape index (κ3) is 5.19. The largest absolute Gasteiger partial charge is 0.389 e. The van der Waals surface area contributed by atoms with Gasteiger partial charge in [-0.25, -0.2) is 0 Å². The number of carbonyl (C=O) groups excluding carboxylic acids is 1. The van der Waals surface area contributed by atoms with Crippen molar-refractivity contribution in [1.29, 1.82) is 5.26 Å². The highest BCUT2D eigenvalue weighted by atomic mass is 16.2. The van der Waals surface area contributed by atoms with E-state index in [-0.39, 0.29) is 11.5 Å². The summed E-state index contributed by atoms with van der Waals surface area (Å²) in [6, 6.07) is 1.98. The zero-order valence-electron chi connectivity index (χ0n) is 12.4. The number of nitrogens with one attached hydrogen (secondary N) is 1. The number of hydrogen-bond acceptors (Lipinski definition) is 5.